The third-order valence-corrected chi connectivity index (χ3v) is 3.91. The van der Waals surface area contributed by atoms with Crippen LogP contribution in [-0.2, 0) is 0 Å². The molecule has 1 nitrogen and oxygen atoms in total. The van der Waals surface area contributed by atoms with Gasteiger partial charge in [-0.3, -0.25) is 0 Å². The molecule has 0 saturated heterocycles. The quantitative estimate of drug-likeness (QED) is 0.834. The molecule has 0 aromatic heterocycles. The normalized spacial score (nSPS) is 24.7. The van der Waals surface area contributed by atoms with Gasteiger partial charge < -0.3 is 5.32 Å². The summed E-state index contributed by atoms with van der Waals surface area (Å²) >= 11 is 3.08. The lowest BCUT2D eigenvalue weighted by Crippen LogP contribution is -2.31. The summed E-state index contributed by atoms with van der Waals surface area (Å²) < 4.78 is 27.7. The van der Waals surface area contributed by atoms with Gasteiger partial charge in [-0.05, 0) is 30.9 Å². The maximum absolute atomic E-state index is 13.7. The summed E-state index contributed by atoms with van der Waals surface area (Å²) in [5.41, 5.74) is 0.00644. The van der Waals surface area contributed by atoms with E-state index >= 15 is 0 Å². The topological polar surface area (TPSA) is 12.0 Å². The van der Waals surface area contributed by atoms with Crippen LogP contribution in [0, 0.1) is 17.6 Å². The zero-order valence-electron chi connectivity index (χ0n) is 9.77. The second kappa shape index (κ2) is 5.34. The highest BCUT2D eigenvalue weighted by molar-refractivity contribution is 9.10. The predicted molar refractivity (Wildman–Crippen MR) is 69.1 cm³/mol. The predicted octanol–water partition coefficient (Wildman–Crippen LogP) is 4.72. The highest BCUT2D eigenvalue weighted by Gasteiger charge is 2.23. The summed E-state index contributed by atoms with van der Waals surface area (Å²) in [5.74, 6) is -0.601. The first-order valence-electron chi connectivity index (χ1n) is 5.99. The van der Waals surface area contributed by atoms with Gasteiger partial charge in [0.25, 0.3) is 0 Å². The molecule has 1 aromatic carbocycles. The minimum atomic E-state index is -0.533. The Hall–Kier alpha value is -0.640. The van der Waals surface area contributed by atoms with E-state index in [2.05, 4.69) is 28.2 Å². The number of benzene rings is 1. The fraction of sp³-hybridized carbons (Fsp3) is 0.538. The number of hydrogen-bond acceptors (Lipinski definition) is 1. The third-order valence-electron chi connectivity index (χ3n) is 3.45. The van der Waals surface area contributed by atoms with Gasteiger partial charge in [0.2, 0.25) is 0 Å². The van der Waals surface area contributed by atoms with Gasteiger partial charge >= 0.3 is 0 Å². The highest BCUT2D eigenvalue weighted by atomic mass is 79.9. The number of hydrogen-bond donors (Lipinski definition) is 1. The molecule has 2 atom stereocenters. The van der Waals surface area contributed by atoms with E-state index in [0.717, 1.165) is 19.3 Å². The third kappa shape index (κ3) is 2.97. The van der Waals surface area contributed by atoms with Crippen LogP contribution < -0.4 is 5.32 Å². The van der Waals surface area contributed by atoms with Gasteiger partial charge in [0.1, 0.15) is 17.3 Å². The van der Waals surface area contributed by atoms with Gasteiger partial charge in [-0.25, -0.2) is 8.78 Å². The first-order chi connectivity index (χ1) is 8.08. The summed E-state index contributed by atoms with van der Waals surface area (Å²) in [7, 11) is 0. The Labute approximate surface area is 109 Å². The van der Waals surface area contributed by atoms with Crippen molar-refractivity contribution in [3.63, 3.8) is 0 Å². The minimum Gasteiger partial charge on any atom is -0.377 e. The van der Waals surface area contributed by atoms with E-state index in [9.17, 15) is 8.78 Å². The Bertz CT molecular complexity index is 385. The lowest BCUT2D eigenvalue weighted by molar-refractivity contribution is 0.347. The molecule has 0 amide bonds. The lowest BCUT2D eigenvalue weighted by Gasteiger charge is -2.30. The van der Waals surface area contributed by atoms with Gasteiger partial charge in [-0.2, -0.15) is 0 Å². The zero-order chi connectivity index (χ0) is 12.4. The first kappa shape index (κ1) is 12.8. The van der Waals surface area contributed by atoms with Crippen molar-refractivity contribution in [2.75, 3.05) is 5.32 Å². The molecule has 2 rings (SSSR count). The van der Waals surface area contributed by atoms with E-state index in [1.54, 1.807) is 0 Å². The molecule has 1 saturated carbocycles. The van der Waals surface area contributed by atoms with E-state index in [-0.39, 0.29) is 11.7 Å². The molecule has 17 heavy (non-hydrogen) atoms. The monoisotopic (exact) mass is 303 g/mol. The molecular weight excluding hydrogens is 288 g/mol. The maximum Gasteiger partial charge on any atom is 0.150 e. The maximum atomic E-state index is 13.7. The number of rotatable bonds is 2. The van der Waals surface area contributed by atoms with Gasteiger partial charge in [0.05, 0.1) is 0 Å². The van der Waals surface area contributed by atoms with Crippen LogP contribution in [0.5, 0.6) is 0 Å². The van der Waals surface area contributed by atoms with Crippen molar-refractivity contribution in [1.29, 1.82) is 0 Å². The Balaban J connectivity index is 2.17. The molecule has 1 aliphatic carbocycles. The van der Waals surface area contributed by atoms with Crippen LogP contribution in [0.1, 0.15) is 32.6 Å². The molecule has 0 radical (unpaired) electrons. The lowest BCUT2D eigenvalue weighted by atomic mass is 9.86. The number of anilines is 1. The Kier molecular flexibility index (Phi) is 4.02. The SMILES string of the molecule is CC1CCCCC1Nc1c(F)cc(Br)cc1F. The molecule has 0 bridgehead atoms. The summed E-state index contributed by atoms with van der Waals surface area (Å²) in [6.07, 6.45) is 4.44. The Morgan fingerprint density at radius 3 is 2.35 bits per heavy atom. The molecular formula is C13H16BrF2N. The molecule has 0 aliphatic heterocycles. The Morgan fingerprint density at radius 1 is 1.18 bits per heavy atom. The van der Waals surface area contributed by atoms with Crippen LogP contribution in [0.4, 0.5) is 14.5 Å². The summed E-state index contributed by atoms with van der Waals surface area (Å²) in [6, 6.07) is 2.76. The van der Waals surface area contributed by atoms with Crippen molar-refractivity contribution >= 4 is 21.6 Å². The summed E-state index contributed by atoms with van der Waals surface area (Å²) in [4.78, 5) is 0. The van der Waals surface area contributed by atoms with Crippen LogP contribution in [0.3, 0.4) is 0 Å². The van der Waals surface area contributed by atoms with Gasteiger partial charge in [-0.1, -0.05) is 35.7 Å². The van der Waals surface area contributed by atoms with Crippen molar-refractivity contribution in [2.24, 2.45) is 5.92 Å². The summed E-state index contributed by atoms with van der Waals surface area (Å²) in [5, 5.41) is 3.02. The molecule has 2 unspecified atom stereocenters. The fourth-order valence-corrected chi connectivity index (χ4v) is 2.80. The molecule has 1 fully saturated rings. The second-order valence-corrected chi connectivity index (χ2v) is 5.67. The molecule has 1 N–H and O–H groups in total. The van der Waals surface area contributed by atoms with Crippen LogP contribution >= 0.6 is 15.9 Å². The standard InChI is InChI=1S/C13H16BrF2N/c1-8-4-2-3-5-12(8)17-13-10(15)6-9(14)7-11(13)16/h6-8,12,17H,2-5H2,1H3. The van der Waals surface area contributed by atoms with Crippen molar-refractivity contribution < 1.29 is 8.78 Å². The molecule has 94 valence electrons. The molecule has 1 aliphatic rings. The molecule has 0 spiro atoms. The van der Waals surface area contributed by atoms with Crippen LogP contribution in [0.2, 0.25) is 0 Å². The zero-order valence-corrected chi connectivity index (χ0v) is 11.4. The van der Waals surface area contributed by atoms with E-state index in [1.165, 1.54) is 18.6 Å². The van der Waals surface area contributed by atoms with E-state index in [4.69, 9.17) is 0 Å². The van der Waals surface area contributed by atoms with Crippen molar-refractivity contribution in [1.82, 2.24) is 0 Å². The van der Waals surface area contributed by atoms with Crippen molar-refractivity contribution in [3.8, 4) is 0 Å². The summed E-state index contributed by atoms with van der Waals surface area (Å²) in [6.45, 7) is 2.13. The van der Waals surface area contributed by atoms with Gasteiger partial charge in [-0.15, -0.1) is 0 Å². The molecule has 0 heterocycles. The fourth-order valence-electron chi connectivity index (χ4n) is 2.40. The van der Waals surface area contributed by atoms with E-state index < -0.39 is 11.6 Å². The van der Waals surface area contributed by atoms with Crippen molar-refractivity contribution in [2.45, 2.75) is 38.6 Å². The largest absolute Gasteiger partial charge is 0.377 e. The Morgan fingerprint density at radius 2 is 1.76 bits per heavy atom. The van der Waals surface area contributed by atoms with Crippen LogP contribution in [-0.4, -0.2) is 6.04 Å². The molecule has 4 heteroatoms. The number of halogens is 3. The first-order valence-corrected chi connectivity index (χ1v) is 6.78. The van der Waals surface area contributed by atoms with E-state index in [1.807, 2.05) is 0 Å². The van der Waals surface area contributed by atoms with Gasteiger partial charge in [0.15, 0.2) is 0 Å². The van der Waals surface area contributed by atoms with E-state index in [0.29, 0.717) is 10.4 Å². The number of nitrogens with one attached hydrogen (secondary N) is 1. The van der Waals surface area contributed by atoms with Crippen molar-refractivity contribution in [3.05, 3.63) is 28.2 Å². The van der Waals surface area contributed by atoms with Crippen LogP contribution in [0.25, 0.3) is 0 Å². The highest BCUT2D eigenvalue weighted by Crippen LogP contribution is 2.30. The van der Waals surface area contributed by atoms with Crippen LogP contribution in [0.15, 0.2) is 16.6 Å². The average molecular weight is 304 g/mol. The second-order valence-electron chi connectivity index (χ2n) is 4.76. The van der Waals surface area contributed by atoms with Gasteiger partial charge in [0, 0.05) is 10.5 Å². The smallest absolute Gasteiger partial charge is 0.150 e. The average Bonchev–Trinajstić information content (AvgIpc) is 2.25. The molecule has 1 aromatic rings. The minimum absolute atomic E-state index is 0.00644.